The zero-order chi connectivity index (χ0) is 9.26. The number of nitrogens with one attached hydrogen (secondary N) is 1. The molecule has 2 rings (SSSR count). The van der Waals surface area contributed by atoms with Crippen LogP contribution in [0.25, 0.3) is 0 Å². The Labute approximate surface area is 103 Å². The fraction of sp³-hybridized carbons (Fsp3) is 0.556. The van der Waals surface area contributed by atoms with E-state index in [2.05, 4.69) is 44.6 Å². The van der Waals surface area contributed by atoms with E-state index in [1.54, 1.807) is 0 Å². The smallest absolute Gasteiger partial charge is 0.0346 e. The van der Waals surface area contributed by atoms with E-state index in [4.69, 9.17) is 0 Å². The van der Waals surface area contributed by atoms with Crippen molar-refractivity contribution in [2.45, 2.75) is 12.6 Å². The largest absolute Gasteiger partial charge is 0.314 e. The van der Waals surface area contributed by atoms with Crippen LogP contribution in [-0.4, -0.2) is 31.1 Å². The third-order valence-electron chi connectivity index (χ3n) is 2.41. The molecule has 1 N–H and O–H groups in total. The average Bonchev–Trinajstić information content (AvgIpc) is 2.31. The minimum Gasteiger partial charge on any atom is -0.314 e. The molecule has 0 spiro atoms. The van der Waals surface area contributed by atoms with Crippen LogP contribution < -0.4 is 5.32 Å². The van der Waals surface area contributed by atoms with Gasteiger partial charge in [-0.1, -0.05) is 0 Å². The number of hydrogen-bond donors (Lipinski definition) is 1. The highest BCUT2D eigenvalue weighted by Gasteiger charge is 2.21. The summed E-state index contributed by atoms with van der Waals surface area (Å²) in [5.74, 6) is 0. The van der Waals surface area contributed by atoms with Crippen LogP contribution in [0.3, 0.4) is 0 Å². The Morgan fingerprint density at radius 1 is 1.64 bits per heavy atom. The molecule has 2 heterocycles. The fourth-order valence-corrected chi connectivity index (χ4v) is 2.91. The summed E-state index contributed by atoms with van der Waals surface area (Å²) in [4.78, 5) is 3.84. The third-order valence-corrected chi connectivity index (χ3v) is 4.09. The summed E-state index contributed by atoms with van der Waals surface area (Å²) in [6.45, 7) is 3.36. The Hall–Kier alpha value is 0.390. The first-order chi connectivity index (χ1) is 6.25. The molecule has 0 radical (unpaired) electrons. The molecule has 0 aliphatic carbocycles. The summed E-state index contributed by atoms with van der Waals surface area (Å²) in [5.41, 5.74) is 0. The molecule has 0 atom stereocenters. The Bertz CT molecular complexity index is 288. The van der Waals surface area contributed by atoms with Gasteiger partial charge in [-0.25, -0.2) is 0 Å². The van der Waals surface area contributed by atoms with Crippen molar-refractivity contribution in [3.63, 3.8) is 0 Å². The van der Waals surface area contributed by atoms with Crippen molar-refractivity contribution in [3.8, 4) is 0 Å². The Kier molecular flexibility index (Phi) is 4.87. The molecular formula is C9H14BrClN2S. The number of rotatable bonds is 3. The number of likely N-dealkylation sites (N-methyl/N-ethyl adjacent to an activating group) is 1. The summed E-state index contributed by atoms with van der Waals surface area (Å²) < 4.78 is 1.20. The molecule has 0 bridgehead atoms. The van der Waals surface area contributed by atoms with Gasteiger partial charge in [-0.05, 0) is 29.0 Å². The molecular weight excluding hydrogens is 284 g/mol. The van der Waals surface area contributed by atoms with Gasteiger partial charge in [0.15, 0.2) is 0 Å². The first-order valence-corrected chi connectivity index (χ1v) is 6.07. The number of thiophene rings is 1. The van der Waals surface area contributed by atoms with Gasteiger partial charge in [0.25, 0.3) is 0 Å². The number of halogens is 2. The second-order valence-electron chi connectivity index (χ2n) is 3.46. The topological polar surface area (TPSA) is 15.3 Å². The molecule has 1 saturated heterocycles. The summed E-state index contributed by atoms with van der Waals surface area (Å²) in [6.07, 6.45) is 0. The molecule has 0 aromatic carbocycles. The first-order valence-electron chi connectivity index (χ1n) is 4.39. The number of nitrogens with zero attached hydrogens (tertiary/aromatic N) is 1. The van der Waals surface area contributed by atoms with Crippen LogP contribution in [-0.2, 0) is 6.54 Å². The van der Waals surface area contributed by atoms with Crippen molar-refractivity contribution in [1.82, 2.24) is 10.2 Å². The zero-order valence-corrected chi connectivity index (χ0v) is 11.2. The van der Waals surface area contributed by atoms with Crippen LogP contribution >= 0.6 is 39.7 Å². The summed E-state index contributed by atoms with van der Waals surface area (Å²) in [6, 6.07) is 2.94. The van der Waals surface area contributed by atoms with Gasteiger partial charge in [0.1, 0.15) is 0 Å². The molecule has 1 aromatic heterocycles. The molecule has 14 heavy (non-hydrogen) atoms. The van der Waals surface area contributed by atoms with Crippen molar-refractivity contribution in [2.75, 3.05) is 20.1 Å². The average molecular weight is 298 g/mol. The van der Waals surface area contributed by atoms with Crippen LogP contribution in [0.5, 0.6) is 0 Å². The predicted molar refractivity (Wildman–Crippen MR) is 67.4 cm³/mol. The van der Waals surface area contributed by atoms with Crippen molar-refractivity contribution >= 4 is 39.7 Å². The lowest BCUT2D eigenvalue weighted by molar-refractivity contribution is 0.174. The van der Waals surface area contributed by atoms with E-state index in [-0.39, 0.29) is 12.4 Å². The quantitative estimate of drug-likeness (QED) is 0.921. The van der Waals surface area contributed by atoms with E-state index < -0.39 is 0 Å². The van der Waals surface area contributed by atoms with E-state index >= 15 is 0 Å². The molecule has 1 aliphatic heterocycles. The van der Waals surface area contributed by atoms with Gasteiger partial charge >= 0.3 is 0 Å². The Morgan fingerprint density at radius 3 is 2.79 bits per heavy atom. The van der Waals surface area contributed by atoms with Gasteiger partial charge in [-0.15, -0.1) is 23.7 Å². The second kappa shape index (κ2) is 5.47. The van der Waals surface area contributed by atoms with Crippen LogP contribution in [0, 0.1) is 0 Å². The van der Waals surface area contributed by atoms with E-state index in [1.807, 2.05) is 11.3 Å². The van der Waals surface area contributed by atoms with E-state index in [1.165, 1.54) is 9.35 Å². The lowest BCUT2D eigenvalue weighted by Crippen LogP contribution is -2.55. The van der Waals surface area contributed by atoms with Crippen LogP contribution in [0.2, 0.25) is 0 Å². The monoisotopic (exact) mass is 296 g/mol. The summed E-state index contributed by atoms with van der Waals surface area (Å²) >= 11 is 5.29. The molecule has 0 saturated carbocycles. The van der Waals surface area contributed by atoms with Crippen LogP contribution in [0.1, 0.15) is 4.88 Å². The zero-order valence-electron chi connectivity index (χ0n) is 8.00. The molecule has 0 unspecified atom stereocenters. The highest BCUT2D eigenvalue weighted by Crippen LogP contribution is 2.21. The van der Waals surface area contributed by atoms with Gasteiger partial charge in [0.2, 0.25) is 0 Å². The van der Waals surface area contributed by atoms with Gasteiger partial charge < -0.3 is 5.32 Å². The molecule has 1 fully saturated rings. The lowest BCUT2D eigenvalue weighted by atomic mass is 10.1. The van der Waals surface area contributed by atoms with E-state index in [0.717, 1.165) is 25.7 Å². The molecule has 5 heteroatoms. The van der Waals surface area contributed by atoms with E-state index in [9.17, 15) is 0 Å². The number of hydrogen-bond acceptors (Lipinski definition) is 3. The maximum atomic E-state index is 3.47. The molecule has 1 aliphatic rings. The SMILES string of the molecule is CN(Cc1cc(Br)cs1)C1CNC1.Cl. The standard InChI is InChI=1S/C9H13BrN2S.ClH/c1-12(8-3-11-4-8)5-9-2-7(10)6-13-9;/h2,6,8,11H,3-5H2,1H3;1H. The molecule has 1 aromatic rings. The second-order valence-corrected chi connectivity index (χ2v) is 5.37. The summed E-state index contributed by atoms with van der Waals surface area (Å²) in [7, 11) is 2.19. The minimum absolute atomic E-state index is 0. The minimum atomic E-state index is 0. The highest BCUT2D eigenvalue weighted by atomic mass is 79.9. The highest BCUT2D eigenvalue weighted by molar-refractivity contribution is 9.10. The predicted octanol–water partition coefficient (Wildman–Crippen LogP) is 2.34. The Balaban J connectivity index is 0.000000980. The van der Waals surface area contributed by atoms with Crippen molar-refractivity contribution < 1.29 is 0 Å². The van der Waals surface area contributed by atoms with Gasteiger partial charge in [-0.3, -0.25) is 4.90 Å². The van der Waals surface area contributed by atoms with Gasteiger partial charge in [-0.2, -0.15) is 0 Å². The van der Waals surface area contributed by atoms with Crippen molar-refractivity contribution in [2.24, 2.45) is 0 Å². The van der Waals surface area contributed by atoms with E-state index in [0.29, 0.717) is 0 Å². The lowest BCUT2D eigenvalue weighted by Gasteiger charge is -2.35. The third kappa shape index (κ3) is 2.94. The first kappa shape index (κ1) is 12.5. The molecule has 0 amide bonds. The normalized spacial score (nSPS) is 16.5. The van der Waals surface area contributed by atoms with Gasteiger partial charge in [0, 0.05) is 40.4 Å². The Morgan fingerprint density at radius 2 is 2.36 bits per heavy atom. The maximum absolute atomic E-state index is 3.47. The van der Waals surface area contributed by atoms with Crippen molar-refractivity contribution in [3.05, 3.63) is 20.8 Å². The van der Waals surface area contributed by atoms with Crippen LogP contribution in [0.15, 0.2) is 15.9 Å². The van der Waals surface area contributed by atoms with Crippen molar-refractivity contribution in [1.29, 1.82) is 0 Å². The maximum Gasteiger partial charge on any atom is 0.0346 e. The molecule has 80 valence electrons. The van der Waals surface area contributed by atoms with Gasteiger partial charge in [0.05, 0.1) is 0 Å². The fourth-order valence-electron chi connectivity index (χ4n) is 1.40. The summed E-state index contributed by atoms with van der Waals surface area (Å²) in [5, 5.41) is 5.43. The molecule has 2 nitrogen and oxygen atoms in total. The van der Waals surface area contributed by atoms with Crippen LogP contribution in [0.4, 0.5) is 0 Å².